The molecule has 2 rings (SSSR count). The highest BCUT2D eigenvalue weighted by atomic mass is 16.5. The molecule has 0 spiro atoms. The van der Waals surface area contributed by atoms with Crippen LogP contribution in [0.3, 0.4) is 0 Å². The zero-order valence-corrected chi connectivity index (χ0v) is 9.59. The number of carbonyl (C=O) groups excluding carboxylic acids is 1. The molecule has 0 fully saturated rings. The highest BCUT2D eigenvalue weighted by molar-refractivity contribution is 5.77. The van der Waals surface area contributed by atoms with Gasteiger partial charge in [0.25, 0.3) is 0 Å². The third-order valence-corrected chi connectivity index (χ3v) is 2.86. The lowest BCUT2D eigenvalue weighted by Gasteiger charge is -2.17. The van der Waals surface area contributed by atoms with Gasteiger partial charge in [-0.15, -0.1) is 0 Å². The van der Waals surface area contributed by atoms with Crippen LogP contribution < -0.4 is 4.74 Å². The lowest BCUT2D eigenvalue weighted by atomic mass is 9.90. The van der Waals surface area contributed by atoms with E-state index in [1.807, 2.05) is 24.3 Å². The van der Waals surface area contributed by atoms with Crippen LogP contribution in [-0.2, 0) is 0 Å². The van der Waals surface area contributed by atoms with Gasteiger partial charge in [-0.05, 0) is 18.6 Å². The van der Waals surface area contributed by atoms with Gasteiger partial charge in [-0.25, -0.2) is 0 Å². The molecule has 0 bridgehead atoms. The molecule has 1 unspecified atom stereocenters. The van der Waals surface area contributed by atoms with E-state index >= 15 is 0 Å². The molecule has 17 heavy (non-hydrogen) atoms. The summed E-state index contributed by atoms with van der Waals surface area (Å²) in [5.41, 5.74) is 1.24. The lowest BCUT2D eigenvalue weighted by Crippen LogP contribution is -2.00. The monoisotopic (exact) mass is 230 g/mol. The summed E-state index contributed by atoms with van der Waals surface area (Å²) in [5.74, 6) is 0.546. The van der Waals surface area contributed by atoms with Crippen LogP contribution in [-0.4, -0.2) is 18.5 Å². The Morgan fingerprint density at radius 3 is 2.82 bits per heavy atom. The number of aromatic hydroxyl groups is 1. The van der Waals surface area contributed by atoms with Gasteiger partial charge in [0.2, 0.25) is 0 Å². The van der Waals surface area contributed by atoms with Gasteiger partial charge in [-0.3, -0.25) is 4.79 Å². The molecule has 0 aliphatic heterocycles. The van der Waals surface area contributed by atoms with Crippen LogP contribution in [0.25, 0.3) is 0 Å². The zero-order valence-electron chi connectivity index (χ0n) is 9.59. The maximum absolute atomic E-state index is 10.9. The van der Waals surface area contributed by atoms with Crippen LogP contribution in [0.4, 0.5) is 0 Å². The normalized spacial score (nSPS) is 18.1. The Morgan fingerprint density at radius 2 is 2.24 bits per heavy atom. The molecule has 0 saturated carbocycles. The Bertz CT molecular complexity index is 486. The van der Waals surface area contributed by atoms with E-state index in [0.29, 0.717) is 11.3 Å². The Hall–Kier alpha value is -2.03. The summed E-state index contributed by atoms with van der Waals surface area (Å²) in [6, 6.07) is 3.24. The molecule has 88 valence electrons. The van der Waals surface area contributed by atoms with Gasteiger partial charge in [-0.1, -0.05) is 24.3 Å². The number of carbonyl (C=O) groups is 1. The molecule has 1 aromatic carbocycles. The van der Waals surface area contributed by atoms with Crippen LogP contribution in [0.2, 0.25) is 0 Å². The van der Waals surface area contributed by atoms with E-state index in [-0.39, 0.29) is 11.7 Å². The second-order valence-corrected chi connectivity index (χ2v) is 3.93. The Morgan fingerprint density at radius 1 is 1.41 bits per heavy atom. The number of benzene rings is 1. The molecule has 0 heterocycles. The van der Waals surface area contributed by atoms with Crippen molar-refractivity contribution >= 4 is 6.29 Å². The third kappa shape index (κ3) is 2.23. The number of rotatable bonds is 3. The average Bonchev–Trinajstić information content (AvgIpc) is 2.40. The maximum Gasteiger partial charge on any atom is 0.161 e. The van der Waals surface area contributed by atoms with Gasteiger partial charge in [0.1, 0.15) is 6.29 Å². The standard InChI is InChI=1S/C14H14O3/c1-17-13-8-10(9-15)7-12(14(13)16)11-5-3-2-4-6-11/h2-5,7-9,11,16H,6H2,1H3. The summed E-state index contributed by atoms with van der Waals surface area (Å²) in [6.07, 6.45) is 9.51. The lowest BCUT2D eigenvalue weighted by molar-refractivity contribution is 0.112. The molecule has 0 amide bonds. The second-order valence-electron chi connectivity index (χ2n) is 3.93. The Balaban J connectivity index is 2.47. The number of hydrogen-bond donors (Lipinski definition) is 1. The first-order valence-electron chi connectivity index (χ1n) is 5.45. The molecule has 1 aromatic rings. The molecule has 1 atom stereocenters. The van der Waals surface area contributed by atoms with Gasteiger partial charge in [-0.2, -0.15) is 0 Å². The zero-order chi connectivity index (χ0) is 12.3. The van der Waals surface area contributed by atoms with Gasteiger partial charge < -0.3 is 9.84 Å². The third-order valence-electron chi connectivity index (χ3n) is 2.86. The first-order valence-corrected chi connectivity index (χ1v) is 5.45. The van der Waals surface area contributed by atoms with Crippen LogP contribution in [0.1, 0.15) is 28.3 Å². The van der Waals surface area contributed by atoms with Crippen molar-refractivity contribution in [3.63, 3.8) is 0 Å². The summed E-state index contributed by atoms with van der Waals surface area (Å²) >= 11 is 0. The van der Waals surface area contributed by atoms with E-state index in [1.54, 1.807) is 6.07 Å². The fourth-order valence-electron chi connectivity index (χ4n) is 1.97. The number of hydrogen-bond acceptors (Lipinski definition) is 3. The number of phenols is 1. The first kappa shape index (κ1) is 11.5. The molecule has 0 saturated heterocycles. The Kier molecular flexibility index (Phi) is 3.28. The van der Waals surface area contributed by atoms with Crippen molar-refractivity contribution in [3.05, 3.63) is 47.6 Å². The predicted molar refractivity (Wildman–Crippen MR) is 65.7 cm³/mol. The fourth-order valence-corrected chi connectivity index (χ4v) is 1.97. The molecule has 1 aliphatic carbocycles. The van der Waals surface area contributed by atoms with Crippen molar-refractivity contribution in [1.82, 2.24) is 0 Å². The largest absolute Gasteiger partial charge is 0.504 e. The highest BCUT2D eigenvalue weighted by Gasteiger charge is 2.17. The van der Waals surface area contributed by atoms with Crippen molar-refractivity contribution < 1.29 is 14.6 Å². The summed E-state index contributed by atoms with van der Waals surface area (Å²) < 4.78 is 5.07. The van der Waals surface area contributed by atoms with Crippen LogP contribution >= 0.6 is 0 Å². The van der Waals surface area contributed by atoms with E-state index in [2.05, 4.69) is 0 Å². The first-order chi connectivity index (χ1) is 8.26. The maximum atomic E-state index is 10.9. The SMILES string of the molecule is COc1cc(C=O)cc(C2C=CC=CC2)c1O. The van der Waals surface area contributed by atoms with E-state index in [0.717, 1.165) is 18.3 Å². The summed E-state index contributed by atoms with van der Waals surface area (Å²) in [5, 5.41) is 10.1. The van der Waals surface area contributed by atoms with E-state index < -0.39 is 0 Å². The number of aldehydes is 1. The van der Waals surface area contributed by atoms with Crippen molar-refractivity contribution in [1.29, 1.82) is 0 Å². The molecule has 1 aliphatic rings. The number of methoxy groups -OCH3 is 1. The van der Waals surface area contributed by atoms with Gasteiger partial charge in [0, 0.05) is 17.0 Å². The molecule has 0 aromatic heterocycles. The molecular formula is C14H14O3. The predicted octanol–water partition coefficient (Wildman–Crippen LogP) is 2.81. The van der Waals surface area contributed by atoms with Gasteiger partial charge in [0.15, 0.2) is 11.5 Å². The minimum atomic E-state index is 0.0915. The van der Waals surface area contributed by atoms with Crippen LogP contribution in [0, 0.1) is 0 Å². The van der Waals surface area contributed by atoms with E-state index in [1.165, 1.54) is 13.2 Å². The molecular weight excluding hydrogens is 216 g/mol. The number of allylic oxidation sites excluding steroid dienone is 4. The van der Waals surface area contributed by atoms with Crippen molar-refractivity contribution in [3.8, 4) is 11.5 Å². The minimum Gasteiger partial charge on any atom is -0.504 e. The second kappa shape index (κ2) is 4.87. The summed E-state index contributed by atoms with van der Waals surface area (Å²) in [6.45, 7) is 0. The molecule has 1 N–H and O–H groups in total. The highest BCUT2D eigenvalue weighted by Crippen LogP contribution is 2.38. The molecule has 0 radical (unpaired) electrons. The van der Waals surface area contributed by atoms with E-state index in [4.69, 9.17) is 4.74 Å². The van der Waals surface area contributed by atoms with E-state index in [9.17, 15) is 9.90 Å². The number of phenolic OH excluding ortho intramolecular Hbond substituents is 1. The average molecular weight is 230 g/mol. The quantitative estimate of drug-likeness (QED) is 0.812. The summed E-state index contributed by atoms with van der Waals surface area (Å²) in [7, 11) is 1.48. The smallest absolute Gasteiger partial charge is 0.161 e. The van der Waals surface area contributed by atoms with Crippen LogP contribution in [0.15, 0.2) is 36.4 Å². The topological polar surface area (TPSA) is 46.5 Å². The summed E-state index contributed by atoms with van der Waals surface area (Å²) in [4.78, 5) is 10.9. The Labute approximate surface area is 100 Å². The minimum absolute atomic E-state index is 0.0915. The fraction of sp³-hybridized carbons (Fsp3) is 0.214. The van der Waals surface area contributed by atoms with Crippen molar-refractivity contribution in [2.75, 3.05) is 7.11 Å². The van der Waals surface area contributed by atoms with Crippen molar-refractivity contribution in [2.24, 2.45) is 0 Å². The van der Waals surface area contributed by atoms with Crippen LogP contribution in [0.5, 0.6) is 11.5 Å². The van der Waals surface area contributed by atoms with Gasteiger partial charge >= 0.3 is 0 Å². The van der Waals surface area contributed by atoms with Gasteiger partial charge in [0.05, 0.1) is 7.11 Å². The number of ether oxygens (including phenoxy) is 1. The molecule has 3 heteroatoms. The molecule has 3 nitrogen and oxygen atoms in total. The van der Waals surface area contributed by atoms with Crippen molar-refractivity contribution in [2.45, 2.75) is 12.3 Å².